The molecule has 0 aliphatic carbocycles. The predicted molar refractivity (Wildman–Crippen MR) is 99.6 cm³/mol. The highest BCUT2D eigenvalue weighted by molar-refractivity contribution is 9.09. The average Bonchev–Trinajstić information content (AvgIpc) is 2.50. The van der Waals surface area contributed by atoms with Crippen molar-refractivity contribution < 1.29 is 4.79 Å². The van der Waals surface area contributed by atoms with E-state index in [4.69, 9.17) is 46.4 Å². The molecule has 0 radical (unpaired) electrons. The van der Waals surface area contributed by atoms with E-state index in [1.165, 1.54) is 0 Å². The van der Waals surface area contributed by atoms with Crippen LogP contribution in [0.4, 0.5) is 0 Å². The molecule has 6 heteroatoms. The minimum absolute atomic E-state index is 0.0450. The lowest BCUT2D eigenvalue weighted by Gasteiger charge is -2.12. The third-order valence-corrected chi connectivity index (χ3v) is 5.50. The molecule has 0 aliphatic rings. The Kier molecular flexibility index (Phi) is 4.59. The number of carbonyl (C=O) groups is 1. The molecule has 0 aliphatic heterocycles. The molecule has 0 bridgehead atoms. The van der Waals surface area contributed by atoms with Crippen LogP contribution in [0.1, 0.15) is 10.4 Å². The van der Waals surface area contributed by atoms with Gasteiger partial charge in [-0.25, -0.2) is 0 Å². The molecule has 1 nitrogen and oxygen atoms in total. The van der Waals surface area contributed by atoms with Gasteiger partial charge in [0, 0.05) is 10.9 Å². The van der Waals surface area contributed by atoms with Crippen molar-refractivity contribution in [1.82, 2.24) is 0 Å². The van der Waals surface area contributed by atoms with Crippen LogP contribution in [0.25, 0.3) is 21.5 Å². The number of carbonyl (C=O) groups excluding carboxylic acids is 1. The number of benzene rings is 3. The highest BCUT2D eigenvalue weighted by Crippen LogP contribution is 2.40. The van der Waals surface area contributed by atoms with E-state index in [2.05, 4.69) is 15.9 Å². The van der Waals surface area contributed by atoms with Crippen molar-refractivity contribution in [2.45, 2.75) is 0 Å². The summed E-state index contributed by atoms with van der Waals surface area (Å²) >= 11 is 27.9. The fourth-order valence-corrected chi connectivity index (χ4v) is 3.53. The number of rotatable bonds is 2. The van der Waals surface area contributed by atoms with Crippen LogP contribution in [0.3, 0.4) is 0 Å². The summed E-state index contributed by atoms with van der Waals surface area (Å²) in [6, 6.07) is 8.74. The predicted octanol–water partition coefficient (Wildman–Crippen LogP) is 7.18. The lowest BCUT2D eigenvalue weighted by molar-refractivity contribution is 0.102. The Balaban J connectivity index is 2.59. The molecule has 0 aromatic heterocycles. The molecule has 0 saturated carbocycles. The first kappa shape index (κ1) is 16.4. The number of hydrogen-bond acceptors (Lipinski definition) is 1. The molecule has 3 aromatic rings. The zero-order valence-electron chi connectivity index (χ0n) is 10.9. The van der Waals surface area contributed by atoms with Crippen molar-refractivity contribution in [3.63, 3.8) is 0 Å². The summed E-state index contributed by atoms with van der Waals surface area (Å²) in [4.78, 5) is 12.2. The molecule has 0 fully saturated rings. The second kappa shape index (κ2) is 6.18. The molecule has 0 saturated heterocycles. The second-order valence-electron chi connectivity index (χ2n) is 4.75. The van der Waals surface area contributed by atoms with Crippen molar-refractivity contribution in [3.05, 3.63) is 56.0 Å². The topological polar surface area (TPSA) is 17.1 Å². The molecular formula is C16H7BrCl4O. The van der Waals surface area contributed by atoms with Gasteiger partial charge in [0.15, 0.2) is 5.78 Å². The first-order valence-corrected chi connectivity index (χ1v) is 8.86. The van der Waals surface area contributed by atoms with Crippen molar-refractivity contribution >= 4 is 89.7 Å². The molecule has 0 amide bonds. The van der Waals surface area contributed by atoms with Gasteiger partial charge in [0.2, 0.25) is 0 Å². The molecule has 22 heavy (non-hydrogen) atoms. The Morgan fingerprint density at radius 1 is 0.909 bits per heavy atom. The van der Waals surface area contributed by atoms with Gasteiger partial charge in [0.25, 0.3) is 0 Å². The van der Waals surface area contributed by atoms with Gasteiger partial charge in [-0.05, 0) is 40.4 Å². The van der Waals surface area contributed by atoms with Crippen LogP contribution >= 0.6 is 62.3 Å². The van der Waals surface area contributed by atoms with E-state index >= 15 is 0 Å². The molecule has 3 aromatic carbocycles. The van der Waals surface area contributed by atoms with Crippen LogP contribution < -0.4 is 0 Å². The number of hydrogen-bond donors (Lipinski definition) is 0. The van der Waals surface area contributed by atoms with Gasteiger partial charge < -0.3 is 0 Å². The lowest BCUT2D eigenvalue weighted by Crippen LogP contribution is -2.01. The van der Waals surface area contributed by atoms with Crippen molar-refractivity contribution in [2.75, 3.05) is 5.33 Å². The SMILES string of the molecule is O=C(CBr)c1cc2cc(Cl)c(Cl)cc2c2c(Cl)c(Cl)ccc12. The summed E-state index contributed by atoms with van der Waals surface area (Å²) < 4.78 is 0. The Morgan fingerprint density at radius 2 is 1.59 bits per heavy atom. The third-order valence-electron chi connectivity index (χ3n) is 3.47. The Morgan fingerprint density at radius 3 is 2.27 bits per heavy atom. The van der Waals surface area contributed by atoms with Crippen LogP contribution in [0, 0.1) is 0 Å². The van der Waals surface area contributed by atoms with E-state index in [1.807, 2.05) is 0 Å². The smallest absolute Gasteiger partial charge is 0.174 e. The fraction of sp³-hybridized carbons (Fsp3) is 0.0625. The third kappa shape index (κ3) is 2.61. The van der Waals surface area contributed by atoms with Crippen LogP contribution in [0.15, 0.2) is 30.3 Å². The summed E-state index contributed by atoms with van der Waals surface area (Å²) in [5.41, 5.74) is 0.566. The monoisotopic (exact) mass is 434 g/mol. The number of Topliss-reactive ketones (excluding diaryl/α,β-unsaturated/α-hetero) is 1. The van der Waals surface area contributed by atoms with E-state index in [9.17, 15) is 4.79 Å². The quantitative estimate of drug-likeness (QED) is 0.236. The van der Waals surface area contributed by atoms with Crippen LogP contribution in [0.5, 0.6) is 0 Å². The summed E-state index contributed by atoms with van der Waals surface area (Å²) in [7, 11) is 0. The normalized spacial score (nSPS) is 11.3. The Labute approximate surface area is 155 Å². The van der Waals surface area contributed by atoms with Gasteiger partial charge in [-0.2, -0.15) is 0 Å². The van der Waals surface area contributed by atoms with E-state index in [0.717, 1.165) is 16.2 Å². The van der Waals surface area contributed by atoms with Gasteiger partial charge in [0.1, 0.15) is 0 Å². The standard InChI is InChI=1S/C16H7BrCl4O/c17-6-14(22)10-3-7-4-12(19)13(20)5-9(7)15-8(10)1-2-11(18)16(15)21/h1-5H,6H2. The summed E-state index contributed by atoms with van der Waals surface area (Å²) in [5.74, 6) is -0.0450. The molecule has 0 atom stereocenters. The van der Waals surface area contributed by atoms with Crippen molar-refractivity contribution in [3.8, 4) is 0 Å². The Bertz CT molecular complexity index is 937. The highest BCUT2D eigenvalue weighted by Gasteiger charge is 2.17. The first-order valence-electron chi connectivity index (χ1n) is 6.22. The lowest BCUT2D eigenvalue weighted by atomic mass is 9.95. The molecular weight excluding hydrogens is 430 g/mol. The molecule has 0 N–H and O–H groups in total. The van der Waals surface area contributed by atoms with E-state index < -0.39 is 0 Å². The van der Waals surface area contributed by atoms with Gasteiger partial charge in [-0.15, -0.1) is 0 Å². The number of halogens is 5. The second-order valence-corrected chi connectivity index (χ2v) is 6.91. The molecule has 0 spiro atoms. The minimum atomic E-state index is -0.0450. The first-order chi connectivity index (χ1) is 10.4. The van der Waals surface area contributed by atoms with Gasteiger partial charge in [-0.1, -0.05) is 68.4 Å². The van der Waals surface area contributed by atoms with Gasteiger partial charge >= 0.3 is 0 Å². The van der Waals surface area contributed by atoms with E-state index in [-0.39, 0.29) is 11.1 Å². The largest absolute Gasteiger partial charge is 0.293 e. The van der Waals surface area contributed by atoms with E-state index in [0.29, 0.717) is 31.0 Å². The summed E-state index contributed by atoms with van der Waals surface area (Å²) in [5, 5.41) is 4.92. The van der Waals surface area contributed by atoms with Crippen molar-refractivity contribution in [1.29, 1.82) is 0 Å². The van der Waals surface area contributed by atoms with Gasteiger partial charge in [0.05, 0.1) is 25.4 Å². The van der Waals surface area contributed by atoms with Gasteiger partial charge in [-0.3, -0.25) is 4.79 Å². The molecule has 3 rings (SSSR count). The average molecular weight is 437 g/mol. The maximum atomic E-state index is 12.2. The maximum absolute atomic E-state index is 12.2. The van der Waals surface area contributed by atoms with Crippen LogP contribution in [-0.4, -0.2) is 11.1 Å². The Hall–Kier alpha value is -0.510. The minimum Gasteiger partial charge on any atom is -0.293 e. The summed E-state index contributed by atoms with van der Waals surface area (Å²) in [6.45, 7) is 0. The molecule has 0 heterocycles. The zero-order chi connectivity index (χ0) is 16.0. The highest BCUT2D eigenvalue weighted by atomic mass is 79.9. The maximum Gasteiger partial charge on any atom is 0.174 e. The van der Waals surface area contributed by atoms with E-state index in [1.54, 1.807) is 30.3 Å². The number of ketones is 1. The molecule has 0 unspecified atom stereocenters. The van der Waals surface area contributed by atoms with Crippen LogP contribution in [-0.2, 0) is 0 Å². The van der Waals surface area contributed by atoms with Crippen LogP contribution in [0.2, 0.25) is 20.1 Å². The zero-order valence-corrected chi connectivity index (χ0v) is 15.5. The molecule has 112 valence electrons. The number of fused-ring (bicyclic) bond motifs is 3. The van der Waals surface area contributed by atoms with Crippen molar-refractivity contribution in [2.24, 2.45) is 0 Å². The number of alkyl halides is 1. The summed E-state index contributed by atoms with van der Waals surface area (Å²) in [6.07, 6.45) is 0. The fourth-order valence-electron chi connectivity index (χ4n) is 2.47.